The fourth-order valence-electron chi connectivity index (χ4n) is 1.04. The number of nitrogens with zero attached hydrogens (tertiary/aromatic N) is 2. The van der Waals surface area contributed by atoms with E-state index < -0.39 is 0 Å². The highest BCUT2D eigenvalue weighted by Gasteiger charge is 2.07. The predicted octanol–water partition coefficient (Wildman–Crippen LogP) is 3.30. The molecule has 0 saturated carbocycles. The summed E-state index contributed by atoms with van der Waals surface area (Å²) in [6.45, 7) is 2.06. The molecule has 0 atom stereocenters. The number of hydrogen-bond donors (Lipinski definition) is 0. The minimum absolute atomic E-state index is 0.877. The van der Waals surface area contributed by atoms with E-state index in [0.717, 1.165) is 15.1 Å². The van der Waals surface area contributed by atoms with Gasteiger partial charge in [0.05, 0.1) is 11.9 Å². The summed E-state index contributed by atoms with van der Waals surface area (Å²) in [5.74, 6) is 0. The Morgan fingerprint density at radius 3 is 2.69 bits per heavy atom. The lowest BCUT2D eigenvalue weighted by atomic mass is 10.2. The zero-order chi connectivity index (χ0) is 9.26. The van der Waals surface area contributed by atoms with Gasteiger partial charge in [-0.2, -0.15) is 0 Å². The third-order valence-corrected chi connectivity index (χ3v) is 4.78. The van der Waals surface area contributed by atoms with Crippen LogP contribution in [-0.4, -0.2) is 9.97 Å². The molecule has 2 rings (SSSR count). The first-order chi connectivity index (χ1) is 6.29. The van der Waals surface area contributed by atoms with Gasteiger partial charge in [-0.25, -0.2) is 0 Å². The number of aromatic nitrogens is 2. The topological polar surface area (TPSA) is 25.8 Å². The summed E-state index contributed by atoms with van der Waals surface area (Å²) in [5.41, 5.74) is 1.95. The van der Waals surface area contributed by atoms with E-state index >= 15 is 0 Å². The predicted molar refractivity (Wildman–Crippen MR) is 58.8 cm³/mol. The van der Waals surface area contributed by atoms with Crippen molar-refractivity contribution < 1.29 is 0 Å². The van der Waals surface area contributed by atoms with Crippen LogP contribution in [0.3, 0.4) is 0 Å². The van der Waals surface area contributed by atoms with Crippen LogP contribution >= 0.6 is 32.9 Å². The SMILES string of the molecule is Cc1ssc(=S)c1-c1cnccn1. The van der Waals surface area contributed by atoms with Crippen LogP contribution < -0.4 is 0 Å². The first-order valence-corrected chi connectivity index (χ1v) is 6.21. The highest BCUT2D eigenvalue weighted by atomic mass is 32.9. The molecule has 2 heterocycles. The largest absolute Gasteiger partial charge is 0.261 e. The molecule has 0 aliphatic heterocycles. The summed E-state index contributed by atoms with van der Waals surface area (Å²) < 4.78 is 0.906. The minimum atomic E-state index is 0.877. The molecule has 2 nitrogen and oxygen atoms in total. The molecule has 0 spiro atoms. The second-order valence-corrected chi connectivity index (χ2v) is 5.50. The highest BCUT2D eigenvalue weighted by molar-refractivity contribution is 7.79. The van der Waals surface area contributed by atoms with Crippen molar-refractivity contribution in [1.82, 2.24) is 9.97 Å². The second-order valence-electron chi connectivity index (χ2n) is 2.48. The van der Waals surface area contributed by atoms with Crippen LogP contribution in [0.4, 0.5) is 0 Å². The van der Waals surface area contributed by atoms with Gasteiger partial charge in [0.2, 0.25) is 0 Å². The van der Waals surface area contributed by atoms with Crippen molar-refractivity contribution in [2.45, 2.75) is 6.92 Å². The van der Waals surface area contributed by atoms with Crippen molar-refractivity contribution >= 4 is 32.9 Å². The Kier molecular flexibility index (Phi) is 2.48. The lowest BCUT2D eigenvalue weighted by molar-refractivity contribution is 1.20. The van der Waals surface area contributed by atoms with Gasteiger partial charge in [-0.3, -0.25) is 9.97 Å². The Hall–Kier alpha value is -0.650. The Balaban J connectivity index is 2.65. The van der Waals surface area contributed by atoms with E-state index in [9.17, 15) is 0 Å². The lowest BCUT2D eigenvalue weighted by Crippen LogP contribution is -1.83. The maximum absolute atomic E-state index is 5.22. The van der Waals surface area contributed by atoms with Crippen LogP contribution in [0.25, 0.3) is 11.3 Å². The molecule has 0 fully saturated rings. The Morgan fingerprint density at radius 1 is 1.31 bits per heavy atom. The van der Waals surface area contributed by atoms with Crippen LogP contribution in [0.15, 0.2) is 18.6 Å². The molecule has 0 aliphatic carbocycles. The van der Waals surface area contributed by atoms with Crippen LogP contribution in [0.1, 0.15) is 4.88 Å². The van der Waals surface area contributed by atoms with Crippen LogP contribution in [-0.2, 0) is 0 Å². The molecule has 5 heteroatoms. The summed E-state index contributed by atoms with van der Waals surface area (Å²) in [6, 6.07) is 0. The summed E-state index contributed by atoms with van der Waals surface area (Å²) in [7, 11) is 3.31. The molecule has 0 N–H and O–H groups in total. The van der Waals surface area contributed by atoms with Crippen molar-refractivity contribution in [3.63, 3.8) is 0 Å². The lowest BCUT2D eigenvalue weighted by Gasteiger charge is -1.95. The average molecular weight is 226 g/mol. The third-order valence-electron chi connectivity index (χ3n) is 1.62. The molecule has 13 heavy (non-hydrogen) atoms. The van der Waals surface area contributed by atoms with Gasteiger partial charge in [0, 0.05) is 22.8 Å². The molecule has 66 valence electrons. The molecule has 0 radical (unpaired) electrons. The zero-order valence-corrected chi connectivity index (χ0v) is 9.30. The van der Waals surface area contributed by atoms with Gasteiger partial charge in [-0.05, 0) is 6.92 Å². The first kappa shape index (κ1) is 8.93. The Labute approximate surface area is 88.3 Å². The van der Waals surface area contributed by atoms with E-state index in [1.54, 1.807) is 39.3 Å². The molecular formula is C8H6N2S3. The molecule has 2 aromatic heterocycles. The maximum atomic E-state index is 5.22. The van der Waals surface area contributed by atoms with E-state index in [1.807, 2.05) is 0 Å². The molecule has 0 aliphatic rings. The first-order valence-electron chi connectivity index (χ1n) is 3.65. The molecule has 0 saturated heterocycles. The highest BCUT2D eigenvalue weighted by Crippen LogP contribution is 2.31. The minimum Gasteiger partial charge on any atom is -0.261 e. The van der Waals surface area contributed by atoms with E-state index in [2.05, 4.69) is 16.9 Å². The standard InChI is InChI=1S/C8H6N2S3/c1-5-7(8(11)13-12-5)6-4-9-2-3-10-6/h2-4H,1H3. The quantitative estimate of drug-likeness (QED) is 0.551. The van der Waals surface area contributed by atoms with Crippen molar-refractivity contribution in [1.29, 1.82) is 0 Å². The molecule has 0 bridgehead atoms. The fraction of sp³-hybridized carbons (Fsp3) is 0.125. The Bertz CT molecular complexity index is 458. The summed E-state index contributed by atoms with van der Waals surface area (Å²) >= 11 is 5.22. The van der Waals surface area contributed by atoms with Crippen LogP contribution in [0, 0.1) is 10.7 Å². The van der Waals surface area contributed by atoms with Gasteiger partial charge in [0.25, 0.3) is 0 Å². The molecule has 2 aromatic rings. The summed E-state index contributed by atoms with van der Waals surface area (Å²) in [6.07, 6.45) is 5.10. The van der Waals surface area contributed by atoms with E-state index in [-0.39, 0.29) is 0 Å². The van der Waals surface area contributed by atoms with Gasteiger partial charge in [0.15, 0.2) is 0 Å². The fourth-order valence-corrected chi connectivity index (χ4v) is 3.67. The average Bonchev–Trinajstić information content (AvgIpc) is 2.48. The molecular weight excluding hydrogens is 220 g/mol. The van der Waals surface area contributed by atoms with Crippen molar-refractivity contribution in [2.75, 3.05) is 0 Å². The monoisotopic (exact) mass is 226 g/mol. The van der Waals surface area contributed by atoms with Gasteiger partial charge in [-0.1, -0.05) is 32.9 Å². The second kappa shape index (κ2) is 3.61. The smallest absolute Gasteiger partial charge is 0.111 e. The van der Waals surface area contributed by atoms with Crippen molar-refractivity contribution in [2.24, 2.45) is 0 Å². The van der Waals surface area contributed by atoms with Crippen LogP contribution in [0.2, 0.25) is 0 Å². The molecule has 0 aromatic carbocycles. The Morgan fingerprint density at radius 2 is 2.15 bits per heavy atom. The summed E-state index contributed by atoms with van der Waals surface area (Å²) in [5, 5.41) is 0. The number of hydrogen-bond acceptors (Lipinski definition) is 5. The van der Waals surface area contributed by atoms with Crippen molar-refractivity contribution in [3.05, 3.63) is 27.3 Å². The third kappa shape index (κ3) is 1.67. The van der Waals surface area contributed by atoms with E-state index in [0.29, 0.717) is 0 Å². The van der Waals surface area contributed by atoms with E-state index in [4.69, 9.17) is 12.2 Å². The van der Waals surface area contributed by atoms with Gasteiger partial charge < -0.3 is 0 Å². The maximum Gasteiger partial charge on any atom is 0.111 e. The summed E-state index contributed by atoms with van der Waals surface area (Å²) in [4.78, 5) is 9.47. The molecule has 0 unspecified atom stereocenters. The van der Waals surface area contributed by atoms with Gasteiger partial charge in [-0.15, -0.1) is 0 Å². The van der Waals surface area contributed by atoms with Crippen molar-refractivity contribution in [3.8, 4) is 11.3 Å². The normalized spacial score (nSPS) is 10.2. The molecule has 0 amide bonds. The van der Waals surface area contributed by atoms with Crippen LogP contribution in [0.5, 0.6) is 0 Å². The van der Waals surface area contributed by atoms with Gasteiger partial charge >= 0.3 is 0 Å². The number of rotatable bonds is 1. The van der Waals surface area contributed by atoms with Gasteiger partial charge in [0.1, 0.15) is 3.82 Å². The zero-order valence-electron chi connectivity index (χ0n) is 6.85. The number of aryl methyl sites for hydroxylation is 1. The van der Waals surface area contributed by atoms with E-state index in [1.165, 1.54) is 4.88 Å².